The number of carboxylic acids is 2. The van der Waals surface area contributed by atoms with E-state index in [2.05, 4.69) is 40.6 Å². The molecule has 1 spiro atoms. The van der Waals surface area contributed by atoms with Gasteiger partial charge in [-0.15, -0.1) is 0 Å². The molecule has 2 unspecified atom stereocenters. The van der Waals surface area contributed by atoms with E-state index in [1.54, 1.807) is 7.11 Å². The highest BCUT2D eigenvalue weighted by atomic mass is 19.4. The normalized spacial score (nSPS) is 20.6. The first kappa shape index (κ1) is 35.5. The van der Waals surface area contributed by atoms with Crippen molar-refractivity contribution >= 4 is 17.8 Å². The molecule has 0 bridgehead atoms. The minimum atomic E-state index is -5.08. The van der Waals surface area contributed by atoms with Gasteiger partial charge in [0.1, 0.15) is 0 Å². The smallest absolute Gasteiger partial charge is 0.475 e. The first-order valence-corrected chi connectivity index (χ1v) is 13.0. The maximum atomic E-state index is 13.6. The highest BCUT2D eigenvalue weighted by molar-refractivity contribution is 5.86. The summed E-state index contributed by atoms with van der Waals surface area (Å²) in [7, 11) is 1.68. The average molecular weight is 626 g/mol. The minimum absolute atomic E-state index is 0.103. The number of ether oxygens (including phenoxy) is 1. The summed E-state index contributed by atoms with van der Waals surface area (Å²) in [5, 5.41) is 14.2. The Morgan fingerprint density at radius 2 is 1.70 bits per heavy atom. The van der Waals surface area contributed by atoms with Crippen molar-refractivity contribution in [1.29, 1.82) is 0 Å². The summed E-state index contributed by atoms with van der Waals surface area (Å²) in [4.78, 5) is 44.9. The van der Waals surface area contributed by atoms with Gasteiger partial charge in [-0.2, -0.15) is 26.3 Å². The van der Waals surface area contributed by atoms with Gasteiger partial charge in [0, 0.05) is 64.2 Å². The summed E-state index contributed by atoms with van der Waals surface area (Å²) in [5.41, 5.74) is 1.67. The van der Waals surface area contributed by atoms with Crippen LogP contribution in [0, 0.1) is 5.41 Å². The number of rotatable bonds is 7. The number of alkyl halides is 6. The third-order valence-corrected chi connectivity index (χ3v) is 6.89. The lowest BCUT2D eigenvalue weighted by atomic mass is 9.75. The van der Waals surface area contributed by atoms with Crippen molar-refractivity contribution in [3.05, 3.63) is 48.3 Å². The molecule has 0 radical (unpaired) electrons. The van der Waals surface area contributed by atoms with Crippen LogP contribution in [0.5, 0.6) is 0 Å². The number of likely N-dealkylation sites (tertiary alicyclic amines) is 2. The molecule has 2 aliphatic heterocycles. The summed E-state index contributed by atoms with van der Waals surface area (Å²) in [5.74, 6) is -5.16. The fraction of sp³-hybridized carbons (Fsp3) is 0.577. The second-order valence-corrected chi connectivity index (χ2v) is 10.2. The second-order valence-electron chi connectivity index (χ2n) is 10.2. The van der Waals surface area contributed by atoms with Crippen molar-refractivity contribution in [2.45, 2.75) is 51.1 Å². The van der Waals surface area contributed by atoms with E-state index in [9.17, 15) is 31.1 Å². The lowest BCUT2D eigenvalue weighted by molar-refractivity contribution is -0.193. The number of imidazole rings is 1. The molecule has 2 atom stereocenters. The summed E-state index contributed by atoms with van der Waals surface area (Å²) in [6.07, 6.45) is -3.44. The SMILES string of the molecule is COCCN1CCC2(CN(Cc3ccccn3)CC2c2cn(C(C)C)cn2)C1=O.O=C(O)C(F)(F)F.O=C(O)C(F)(F)F. The first-order valence-electron chi connectivity index (χ1n) is 13.0. The maximum Gasteiger partial charge on any atom is 0.490 e. The lowest BCUT2D eigenvalue weighted by Crippen LogP contribution is -2.40. The number of carboxylic acid groups (broad SMARTS) is 2. The van der Waals surface area contributed by atoms with E-state index in [1.165, 1.54) is 0 Å². The van der Waals surface area contributed by atoms with Gasteiger partial charge in [-0.05, 0) is 32.4 Å². The number of amides is 1. The van der Waals surface area contributed by atoms with Crippen molar-refractivity contribution in [2.24, 2.45) is 5.41 Å². The number of hydrogen-bond donors (Lipinski definition) is 2. The molecule has 2 fully saturated rings. The predicted molar refractivity (Wildman–Crippen MR) is 138 cm³/mol. The molecule has 240 valence electrons. The molecule has 2 aromatic heterocycles. The summed E-state index contributed by atoms with van der Waals surface area (Å²) in [6.45, 7) is 8.67. The van der Waals surface area contributed by atoms with Gasteiger partial charge < -0.3 is 24.4 Å². The van der Waals surface area contributed by atoms with Gasteiger partial charge in [0.05, 0.1) is 29.7 Å². The Bertz CT molecular complexity index is 1200. The number of carbonyl (C=O) groups is 3. The second kappa shape index (κ2) is 14.6. The Labute approximate surface area is 243 Å². The molecule has 1 amide bonds. The van der Waals surface area contributed by atoms with Crippen molar-refractivity contribution in [3.63, 3.8) is 0 Å². The fourth-order valence-electron chi connectivity index (χ4n) is 4.78. The van der Waals surface area contributed by atoms with Gasteiger partial charge in [0.15, 0.2) is 0 Å². The van der Waals surface area contributed by atoms with Gasteiger partial charge in [0.2, 0.25) is 5.91 Å². The Kier molecular flexibility index (Phi) is 12.1. The first-order chi connectivity index (χ1) is 19.9. The highest BCUT2D eigenvalue weighted by Crippen LogP contribution is 2.49. The zero-order valence-corrected chi connectivity index (χ0v) is 23.6. The van der Waals surface area contributed by atoms with E-state index in [0.717, 1.165) is 44.0 Å². The monoisotopic (exact) mass is 625 g/mol. The van der Waals surface area contributed by atoms with Crippen LogP contribution >= 0.6 is 0 Å². The number of carbonyl (C=O) groups excluding carboxylic acids is 1. The molecule has 4 rings (SSSR count). The predicted octanol–water partition coefficient (Wildman–Crippen LogP) is 3.59. The number of aliphatic carboxylic acids is 2. The van der Waals surface area contributed by atoms with Crippen molar-refractivity contribution in [1.82, 2.24) is 24.3 Å². The molecule has 4 heterocycles. The summed E-state index contributed by atoms with van der Waals surface area (Å²) < 4.78 is 70.8. The molecule has 0 aliphatic carbocycles. The molecule has 43 heavy (non-hydrogen) atoms. The van der Waals surface area contributed by atoms with Gasteiger partial charge in [0.25, 0.3) is 0 Å². The standard InChI is InChI=1S/C22H31N5O2.2C2HF3O2/c1-17(2)27-14-20(24-16-27)19-13-25(12-18-6-4-5-8-23-18)15-22(19)7-9-26(21(22)28)10-11-29-3;2*3-2(4,5)1(6)7/h4-6,8,14,16-17,19H,7,9-13,15H2,1-3H3;2*(H,6,7). The van der Waals surface area contributed by atoms with Crippen LogP contribution in [0.4, 0.5) is 26.3 Å². The maximum absolute atomic E-state index is 13.6. The summed E-state index contributed by atoms with van der Waals surface area (Å²) >= 11 is 0. The van der Waals surface area contributed by atoms with Gasteiger partial charge >= 0.3 is 24.3 Å². The van der Waals surface area contributed by atoms with E-state index in [-0.39, 0.29) is 11.8 Å². The van der Waals surface area contributed by atoms with E-state index in [1.807, 2.05) is 29.6 Å². The largest absolute Gasteiger partial charge is 0.490 e. The van der Waals surface area contributed by atoms with Crippen LogP contribution < -0.4 is 0 Å². The zero-order valence-electron chi connectivity index (χ0n) is 23.6. The molecular weight excluding hydrogens is 592 g/mol. The molecule has 11 nitrogen and oxygen atoms in total. The van der Waals surface area contributed by atoms with Crippen LogP contribution in [0.2, 0.25) is 0 Å². The van der Waals surface area contributed by atoms with E-state index < -0.39 is 29.7 Å². The Morgan fingerprint density at radius 1 is 1.09 bits per heavy atom. The Balaban J connectivity index is 0.000000384. The van der Waals surface area contributed by atoms with Crippen LogP contribution in [-0.2, 0) is 25.7 Å². The lowest BCUT2D eigenvalue weighted by Gasteiger charge is -2.28. The van der Waals surface area contributed by atoms with Crippen LogP contribution in [-0.4, -0.2) is 105 Å². The molecule has 0 saturated carbocycles. The van der Waals surface area contributed by atoms with Crippen LogP contribution in [0.1, 0.15) is 43.6 Å². The minimum Gasteiger partial charge on any atom is -0.475 e. The number of pyridine rings is 1. The number of hydrogen-bond acceptors (Lipinski definition) is 7. The molecule has 0 aromatic carbocycles. The molecule has 2 aliphatic rings. The molecule has 2 N–H and O–H groups in total. The third-order valence-electron chi connectivity index (χ3n) is 6.89. The number of halogens is 6. The molecular formula is C26H33F6N5O6. The molecule has 2 aromatic rings. The fourth-order valence-corrected chi connectivity index (χ4v) is 4.78. The van der Waals surface area contributed by atoms with Crippen molar-refractivity contribution in [3.8, 4) is 0 Å². The number of aromatic nitrogens is 3. The van der Waals surface area contributed by atoms with E-state index in [0.29, 0.717) is 19.2 Å². The third kappa shape index (κ3) is 9.64. The summed E-state index contributed by atoms with van der Waals surface area (Å²) in [6, 6.07) is 6.36. The molecule has 17 heteroatoms. The quantitative estimate of drug-likeness (QED) is 0.442. The van der Waals surface area contributed by atoms with Crippen LogP contribution in [0.25, 0.3) is 0 Å². The van der Waals surface area contributed by atoms with Gasteiger partial charge in [-0.1, -0.05) is 6.07 Å². The van der Waals surface area contributed by atoms with E-state index in [4.69, 9.17) is 29.5 Å². The van der Waals surface area contributed by atoms with Crippen molar-refractivity contribution in [2.75, 3.05) is 39.9 Å². The van der Waals surface area contributed by atoms with Crippen molar-refractivity contribution < 1.29 is 55.7 Å². The highest BCUT2D eigenvalue weighted by Gasteiger charge is 2.57. The Hall–Kier alpha value is -3.73. The number of methoxy groups -OCH3 is 1. The molecule has 2 saturated heterocycles. The van der Waals surface area contributed by atoms with Crippen LogP contribution in [0.15, 0.2) is 36.9 Å². The van der Waals surface area contributed by atoms with Crippen LogP contribution in [0.3, 0.4) is 0 Å². The van der Waals surface area contributed by atoms with Gasteiger partial charge in [-0.25, -0.2) is 14.6 Å². The Morgan fingerprint density at radius 3 is 2.16 bits per heavy atom. The topological polar surface area (TPSA) is 138 Å². The average Bonchev–Trinajstić information content (AvgIpc) is 3.62. The van der Waals surface area contributed by atoms with Gasteiger partial charge in [-0.3, -0.25) is 14.7 Å². The van der Waals surface area contributed by atoms with E-state index >= 15 is 0 Å². The zero-order chi connectivity index (χ0) is 32.6. The number of nitrogens with zero attached hydrogens (tertiary/aromatic N) is 5.